The number of hydrogen-bond acceptors (Lipinski definition) is 4. The molecular weight excluding hydrogens is 276 g/mol. The third kappa shape index (κ3) is 4.23. The molecule has 110 valence electrons. The van der Waals surface area contributed by atoms with Crippen LogP contribution in [-0.2, 0) is 14.6 Å². The highest BCUT2D eigenvalue weighted by atomic mass is 32.2. The minimum Gasteiger partial charge on any atom is -0.365 e. The van der Waals surface area contributed by atoms with Gasteiger partial charge >= 0.3 is 0 Å². The van der Waals surface area contributed by atoms with Gasteiger partial charge in [0, 0.05) is 19.3 Å². The highest BCUT2D eigenvalue weighted by Crippen LogP contribution is 2.17. The minimum absolute atomic E-state index is 0.0611. The fourth-order valence-corrected chi connectivity index (χ4v) is 4.20. The molecule has 0 spiro atoms. The normalized spacial score (nSPS) is 20.6. The first kappa shape index (κ1) is 14.8. The van der Waals surface area contributed by atoms with E-state index in [1.54, 1.807) is 0 Å². The maximum atomic E-state index is 11.8. The van der Waals surface area contributed by atoms with Crippen LogP contribution in [0.25, 0.3) is 0 Å². The van der Waals surface area contributed by atoms with Gasteiger partial charge in [0.1, 0.15) is 0 Å². The Bertz CT molecular complexity index is 557. The molecule has 1 fully saturated rings. The summed E-state index contributed by atoms with van der Waals surface area (Å²) in [5, 5.41) is 2.82. The standard InChI is InChI=1S/C14H20N2O3S/c1-16(13-5-3-2-4-6-13)10-14(17)15-9-12-7-8-20(18,19)11-12/h2-6,12H,7-11H2,1H3,(H,15,17)/t12-/m0/s1. The summed E-state index contributed by atoms with van der Waals surface area (Å²) in [6.07, 6.45) is 0.650. The van der Waals surface area contributed by atoms with E-state index >= 15 is 0 Å². The van der Waals surface area contributed by atoms with Crippen molar-refractivity contribution in [1.82, 2.24) is 5.32 Å². The Morgan fingerprint density at radius 3 is 2.65 bits per heavy atom. The van der Waals surface area contributed by atoms with Crippen molar-refractivity contribution in [3.8, 4) is 0 Å². The third-order valence-electron chi connectivity index (χ3n) is 3.49. The van der Waals surface area contributed by atoms with Crippen molar-refractivity contribution in [3.63, 3.8) is 0 Å². The van der Waals surface area contributed by atoms with Crippen molar-refractivity contribution in [2.24, 2.45) is 5.92 Å². The molecule has 1 atom stereocenters. The molecule has 1 amide bonds. The lowest BCUT2D eigenvalue weighted by Crippen LogP contribution is -2.37. The topological polar surface area (TPSA) is 66.5 Å². The Labute approximate surface area is 119 Å². The van der Waals surface area contributed by atoms with E-state index in [0.717, 1.165) is 5.69 Å². The average Bonchev–Trinajstić information content (AvgIpc) is 2.77. The Morgan fingerprint density at radius 2 is 2.05 bits per heavy atom. The number of anilines is 1. The molecule has 1 aromatic rings. The molecule has 1 aliphatic rings. The second-order valence-corrected chi connectivity index (χ2v) is 7.49. The lowest BCUT2D eigenvalue weighted by molar-refractivity contribution is -0.119. The third-order valence-corrected chi connectivity index (χ3v) is 5.33. The largest absolute Gasteiger partial charge is 0.365 e. The SMILES string of the molecule is CN(CC(=O)NC[C@@H]1CCS(=O)(=O)C1)c1ccccc1. The van der Waals surface area contributed by atoms with Crippen molar-refractivity contribution in [2.75, 3.05) is 36.5 Å². The van der Waals surface area contributed by atoms with E-state index in [9.17, 15) is 13.2 Å². The molecule has 0 bridgehead atoms. The first-order chi connectivity index (χ1) is 9.46. The molecule has 0 aromatic heterocycles. The average molecular weight is 296 g/mol. The summed E-state index contributed by atoms with van der Waals surface area (Å²) in [5.74, 6) is 0.422. The highest BCUT2D eigenvalue weighted by molar-refractivity contribution is 7.91. The summed E-state index contributed by atoms with van der Waals surface area (Å²) in [7, 11) is -1.02. The number of para-hydroxylation sites is 1. The summed E-state index contributed by atoms with van der Waals surface area (Å²) in [4.78, 5) is 13.7. The number of carbonyl (C=O) groups is 1. The predicted molar refractivity (Wildman–Crippen MR) is 79.5 cm³/mol. The van der Waals surface area contributed by atoms with Gasteiger partial charge in [-0.1, -0.05) is 18.2 Å². The van der Waals surface area contributed by atoms with Crippen LogP contribution in [0.15, 0.2) is 30.3 Å². The van der Waals surface area contributed by atoms with Gasteiger partial charge in [-0.25, -0.2) is 8.42 Å². The number of nitrogens with one attached hydrogen (secondary N) is 1. The van der Waals surface area contributed by atoms with Gasteiger partial charge in [0.25, 0.3) is 0 Å². The number of rotatable bonds is 5. The predicted octanol–water partition coefficient (Wildman–Crippen LogP) is 0.674. The van der Waals surface area contributed by atoms with Gasteiger partial charge in [0.15, 0.2) is 9.84 Å². The minimum atomic E-state index is -2.87. The van der Waals surface area contributed by atoms with Crippen LogP contribution in [0.3, 0.4) is 0 Å². The maximum absolute atomic E-state index is 11.8. The van der Waals surface area contributed by atoms with Crippen LogP contribution in [0.5, 0.6) is 0 Å². The molecule has 1 aromatic carbocycles. The number of sulfone groups is 1. The van der Waals surface area contributed by atoms with Gasteiger partial charge in [-0.05, 0) is 24.5 Å². The Kier molecular flexibility index (Phi) is 4.65. The van der Waals surface area contributed by atoms with Crippen molar-refractivity contribution >= 4 is 21.4 Å². The molecule has 1 heterocycles. The van der Waals surface area contributed by atoms with Crippen LogP contribution in [0.1, 0.15) is 6.42 Å². The molecular formula is C14H20N2O3S. The molecule has 0 aliphatic carbocycles. The number of likely N-dealkylation sites (N-methyl/N-ethyl adjacent to an activating group) is 1. The van der Waals surface area contributed by atoms with E-state index in [4.69, 9.17) is 0 Å². The molecule has 0 radical (unpaired) electrons. The zero-order valence-electron chi connectivity index (χ0n) is 11.6. The molecule has 5 nitrogen and oxygen atoms in total. The van der Waals surface area contributed by atoms with Crippen molar-refractivity contribution in [1.29, 1.82) is 0 Å². The summed E-state index contributed by atoms with van der Waals surface area (Å²) in [5.41, 5.74) is 0.978. The van der Waals surface area contributed by atoms with Gasteiger partial charge in [0.2, 0.25) is 5.91 Å². The Hall–Kier alpha value is -1.56. The van der Waals surface area contributed by atoms with Gasteiger partial charge in [-0.2, -0.15) is 0 Å². The zero-order valence-corrected chi connectivity index (χ0v) is 12.4. The first-order valence-electron chi connectivity index (χ1n) is 6.69. The smallest absolute Gasteiger partial charge is 0.239 e. The van der Waals surface area contributed by atoms with E-state index in [0.29, 0.717) is 13.0 Å². The summed E-state index contributed by atoms with van der Waals surface area (Å²) >= 11 is 0. The number of amides is 1. The lowest BCUT2D eigenvalue weighted by atomic mass is 10.1. The van der Waals surface area contributed by atoms with Crippen molar-refractivity contribution in [3.05, 3.63) is 30.3 Å². The van der Waals surface area contributed by atoms with E-state index in [1.807, 2.05) is 42.3 Å². The quantitative estimate of drug-likeness (QED) is 0.867. The number of nitrogens with zero attached hydrogens (tertiary/aromatic N) is 1. The molecule has 0 unspecified atom stereocenters. The highest BCUT2D eigenvalue weighted by Gasteiger charge is 2.27. The lowest BCUT2D eigenvalue weighted by Gasteiger charge is -2.19. The van der Waals surface area contributed by atoms with Gasteiger partial charge < -0.3 is 10.2 Å². The second-order valence-electron chi connectivity index (χ2n) is 5.26. The fraction of sp³-hybridized carbons (Fsp3) is 0.500. The Morgan fingerprint density at radius 1 is 1.35 bits per heavy atom. The van der Waals surface area contributed by atoms with Crippen LogP contribution in [-0.4, -0.2) is 46.0 Å². The molecule has 1 N–H and O–H groups in total. The molecule has 1 saturated heterocycles. The molecule has 0 saturated carbocycles. The van der Waals surface area contributed by atoms with E-state index in [-0.39, 0.29) is 29.9 Å². The van der Waals surface area contributed by atoms with E-state index in [2.05, 4.69) is 5.32 Å². The van der Waals surface area contributed by atoms with Crippen molar-refractivity contribution in [2.45, 2.75) is 6.42 Å². The van der Waals surface area contributed by atoms with Crippen LogP contribution >= 0.6 is 0 Å². The second kappa shape index (κ2) is 6.26. The van der Waals surface area contributed by atoms with E-state index in [1.165, 1.54) is 0 Å². The summed E-state index contributed by atoms with van der Waals surface area (Å²) in [6.45, 7) is 0.712. The summed E-state index contributed by atoms with van der Waals surface area (Å²) in [6, 6.07) is 9.66. The molecule has 1 aliphatic heterocycles. The fourth-order valence-electron chi connectivity index (χ4n) is 2.34. The maximum Gasteiger partial charge on any atom is 0.239 e. The monoisotopic (exact) mass is 296 g/mol. The number of benzene rings is 1. The molecule has 20 heavy (non-hydrogen) atoms. The van der Waals surface area contributed by atoms with Crippen LogP contribution in [0, 0.1) is 5.92 Å². The van der Waals surface area contributed by atoms with Crippen LogP contribution in [0.4, 0.5) is 5.69 Å². The van der Waals surface area contributed by atoms with Gasteiger partial charge in [-0.3, -0.25) is 4.79 Å². The van der Waals surface area contributed by atoms with Crippen LogP contribution in [0.2, 0.25) is 0 Å². The van der Waals surface area contributed by atoms with Gasteiger partial charge in [0.05, 0.1) is 18.1 Å². The number of hydrogen-bond donors (Lipinski definition) is 1. The zero-order chi connectivity index (χ0) is 14.6. The van der Waals surface area contributed by atoms with Crippen molar-refractivity contribution < 1.29 is 13.2 Å². The van der Waals surface area contributed by atoms with E-state index < -0.39 is 9.84 Å². The van der Waals surface area contributed by atoms with Gasteiger partial charge in [-0.15, -0.1) is 0 Å². The Balaban J connectivity index is 1.76. The molecule has 6 heteroatoms. The first-order valence-corrected chi connectivity index (χ1v) is 8.52. The van der Waals surface area contributed by atoms with Crippen LogP contribution < -0.4 is 10.2 Å². The summed E-state index contributed by atoms with van der Waals surface area (Å²) < 4.78 is 22.7. The number of carbonyl (C=O) groups excluding carboxylic acids is 1. The molecule has 2 rings (SSSR count).